The zero-order valence-electron chi connectivity index (χ0n) is 19.5. The molecule has 0 fully saturated rings. The third-order valence-electron chi connectivity index (χ3n) is 5.58. The summed E-state index contributed by atoms with van der Waals surface area (Å²) in [5.41, 5.74) is 1.22. The second-order valence-electron chi connectivity index (χ2n) is 8.06. The van der Waals surface area contributed by atoms with Gasteiger partial charge >= 0.3 is 0 Å². The largest absolute Gasteiger partial charge is 0.454 e. The number of carbonyl (C=O) groups is 2. The molecule has 35 heavy (non-hydrogen) atoms. The van der Waals surface area contributed by atoms with Gasteiger partial charge in [0.15, 0.2) is 17.3 Å². The highest BCUT2D eigenvalue weighted by Gasteiger charge is 2.26. The van der Waals surface area contributed by atoms with E-state index in [9.17, 15) is 18.0 Å². The first kappa shape index (κ1) is 24.3. The van der Waals surface area contributed by atoms with Crippen LogP contribution in [0, 0.1) is 0 Å². The van der Waals surface area contributed by atoms with E-state index in [0.29, 0.717) is 30.2 Å². The highest BCUT2D eigenvalue weighted by molar-refractivity contribution is 7.92. The van der Waals surface area contributed by atoms with Crippen LogP contribution in [0.2, 0.25) is 0 Å². The molecule has 4 rings (SSSR count). The molecular weight excluding hydrogens is 468 g/mol. The number of hydrogen-bond donors (Lipinski definition) is 1. The molecule has 1 amide bonds. The Hall–Kier alpha value is -3.85. The van der Waals surface area contributed by atoms with Crippen molar-refractivity contribution in [2.75, 3.05) is 23.0 Å². The minimum atomic E-state index is -3.92. The summed E-state index contributed by atoms with van der Waals surface area (Å²) >= 11 is 0. The first-order valence-corrected chi connectivity index (χ1v) is 12.7. The minimum absolute atomic E-state index is 0.00239. The molecule has 0 radical (unpaired) electrons. The van der Waals surface area contributed by atoms with Crippen LogP contribution >= 0.6 is 0 Å². The summed E-state index contributed by atoms with van der Waals surface area (Å²) in [5.74, 6) is 0.0259. The van der Waals surface area contributed by atoms with Gasteiger partial charge in [-0.1, -0.05) is 37.6 Å². The van der Waals surface area contributed by atoms with Gasteiger partial charge in [-0.05, 0) is 49.7 Å². The molecule has 0 atom stereocenters. The van der Waals surface area contributed by atoms with Crippen molar-refractivity contribution >= 4 is 33.1 Å². The zero-order valence-corrected chi connectivity index (χ0v) is 20.3. The van der Waals surface area contributed by atoms with Crippen LogP contribution in [0.15, 0.2) is 71.6 Å². The zero-order chi connectivity index (χ0) is 25.0. The molecule has 0 saturated heterocycles. The van der Waals surface area contributed by atoms with Crippen molar-refractivity contribution in [2.45, 2.75) is 31.6 Å². The first-order chi connectivity index (χ1) is 16.8. The summed E-state index contributed by atoms with van der Waals surface area (Å²) in [6, 6.07) is 17.8. The molecule has 3 aromatic rings. The highest BCUT2D eigenvalue weighted by Crippen LogP contribution is 2.37. The Balaban J connectivity index is 1.65. The van der Waals surface area contributed by atoms with E-state index in [4.69, 9.17) is 9.47 Å². The van der Waals surface area contributed by atoms with E-state index in [-0.39, 0.29) is 34.3 Å². The van der Waals surface area contributed by atoms with E-state index in [0.717, 1.165) is 6.42 Å². The van der Waals surface area contributed by atoms with Gasteiger partial charge in [-0.15, -0.1) is 0 Å². The van der Waals surface area contributed by atoms with Gasteiger partial charge in [0.25, 0.3) is 15.9 Å². The molecule has 0 aliphatic carbocycles. The molecule has 0 unspecified atom stereocenters. The number of amides is 1. The van der Waals surface area contributed by atoms with Crippen LogP contribution in [0.4, 0.5) is 11.4 Å². The Morgan fingerprint density at radius 3 is 2.37 bits per heavy atom. The van der Waals surface area contributed by atoms with E-state index in [1.165, 1.54) is 47.6 Å². The third kappa shape index (κ3) is 5.14. The minimum Gasteiger partial charge on any atom is -0.454 e. The quantitative estimate of drug-likeness (QED) is 0.426. The van der Waals surface area contributed by atoms with E-state index < -0.39 is 15.9 Å². The molecule has 0 saturated carbocycles. The number of unbranched alkanes of at least 4 members (excludes halogenated alkanes) is 1. The number of nitrogens with zero attached hydrogens (tertiary/aromatic N) is 1. The molecule has 1 aliphatic rings. The van der Waals surface area contributed by atoms with Crippen LogP contribution in [0.3, 0.4) is 0 Å². The average Bonchev–Trinajstić information content (AvgIpc) is 3.32. The van der Waals surface area contributed by atoms with Gasteiger partial charge in [0, 0.05) is 23.7 Å². The predicted molar refractivity (Wildman–Crippen MR) is 133 cm³/mol. The molecule has 1 aliphatic heterocycles. The Bertz CT molecular complexity index is 1360. The Morgan fingerprint density at radius 1 is 0.971 bits per heavy atom. The van der Waals surface area contributed by atoms with Crippen LogP contribution in [-0.2, 0) is 10.0 Å². The number of ketones is 1. The van der Waals surface area contributed by atoms with Crippen molar-refractivity contribution in [3.8, 4) is 11.5 Å². The van der Waals surface area contributed by atoms with Crippen LogP contribution in [-0.4, -0.2) is 33.4 Å². The van der Waals surface area contributed by atoms with Gasteiger partial charge in [-0.2, -0.15) is 0 Å². The first-order valence-electron chi connectivity index (χ1n) is 11.2. The molecule has 1 N–H and O–H groups in total. The maximum Gasteiger partial charge on any atom is 0.264 e. The monoisotopic (exact) mass is 494 g/mol. The fourth-order valence-corrected chi connectivity index (χ4v) is 5.29. The Labute approximate surface area is 204 Å². The standard InChI is InChI=1S/C26H26N2O6S/c1-3-4-13-28(20-10-6-5-7-11-20)35(31,32)21-12-8-9-19(14-21)26(30)27-23-16-25-24(33-17-34-25)15-22(23)18(2)29/h5-12,14-16H,3-4,13,17H2,1-2H3,(H,27,30). The van der Waals surface area contributed by atoms with Crippen molar-refractivity contribution in [1.29, 1.82) is 0 Å². The maximum atomic E-state index is 13.6. The Kier molecular flexibility index (Phi) is 7.07. The molecule has 0 aromatic heterocycles. The van der Waals surface area contributed by atoms with Gasteiger partial charge < -0.3 is 14.8 Å². The van der Waals surface area contributed by atoms with E-state index in [1.54, 1.807) is 24.3 Å². The van der Waals surface area contributed by atoms with Gasteiger partial charge in [0.2, 0.25) is 6.79 Å². The summed E-state index contributed by atoms with van der Waals surface area (Å²) in [7, 11) is -3.92. The fourth-order valence-electron chi connectivity index (χ4n) is 3.74. The number of nitrogens with one attached hydrogen (secondary N) is 1. The summed E-state index contributed by atoms with van der Waals surface area (Å²) < 4.78 is 39.2. The number of ether oxygens (including phenoxy) is 2. The summed E-state index contributed by atoms with van der Waals surface area (Å²) in [5, 5.41) is 2.71. The topological polar surface area (TPSA) is 102 Å². The predicted octanol–water partition coefficient (Wildman–Crippen LogP) is 4.87. The molecular formula is C26H26N2O6S. The lowest BCUT2D eigenvalue weighted by atomic mass is 10.1. The smallest absolute Gasteiger partial charge is 0.264 e. The fraction of sp³-hybridized carbons (Fsp3) is 0.231. The van der Waals surface area contributed by atoms with Crippen molar-refractivity contribution in [3.05, 3.63) is 77.9 Å². The summed E-state index contributed by atoms with van der Waals surface area (Å²) in [6.07, 6.45) is 1.52. The van der Waals surface area contributed by atoms with Crippen LogP contribution in [0.1, 0.15) is 47.4 Å². The molecule has 8 nitrogen and oxygen atoms in total. The molecule has 9 heteroatoms. The second kappa shape index (κ2) is 10.2. The number of fused-ring (bicyclic) bond motifs is 1. The summed E-state index contributed by atoms with van der Waals surface area (Å²) in [4.78, 5) is 25.2. The van der Waals surface area contributed by atoms with Gasteiger partial charge in [0.1, 0.15) is 0 Å². The van der Waals surface area contributed by atoms with Crippen LogP contribution in [0.5, 0.6) is 11.5 Å². The van der Waals surface area contributed by atoms with E-state index >= 15 is 0 Å². The molecule has 1 heterocycles. The van der Waals surface area contributed by atoms with E-state index in [2.05, 4.69) is 5.32 Å². The number of para-hydroxylation sites is 1. The van der Waals surface area contributed by atoms with Crippen molar-refractivity contribution in [3.63, 3.8) is 0 Å². The normalized spacial score (nSPS) is 12.3. The number of Topliss-reactive ketones (excluding diaryl/α,β-unsaturated/α-hetero) is 1. The second-order valence-corrected chi connectivity index (χ2v) is 9.92. The number of hydrogen-bond acceptors (Lipinski definition) is 6. The lowest BCUT2D eigenvalue weighted by Crippen LogP contribution is -2.32. The van der Waals surface area contributed by atoms with Crippen molar-refractivity contribution in [1.82, 2.24) is 0 Å². The van der Waals surface area contributed by atoms with Crippen molar-refractivity contribution in [2.24, 2.45) is 0 Å². The van der Waals surface area contributed by atoms with Crippen LogP contribution < -0.4 is 19.1 Å². The highest BCUT2D eigenvalue weighted by atomic mass is 32.2. The van der Waals surface area contributed by atoms with Crippen molar-refractivity contribution < 1.29 is 27.5 Å². The number of rotatable bonds is 9. The Morgan fingerprint density at radius 2 is 1.69 bits per heavy atom. The van der Waals surface area contributed by atoms with Gasteiger partial charge in [0.05, 0.1) is 16.3 Å². The number of anilines is 2. The average molecular weight is 495 g/mol. The SMILES string of the molecule is CCCCN(c1ccccc1)S(=O)(=O)c1cccc(C(=O)Nc2cc3c(cc2C(C)=O)OCO3)c1. The third-order valence-corrected chi connectivity index (χ3v) is 7.41. The van der Waals surface area contributed by atoms with Gasteiger partial charge in [-0.3, -0.25) is 13.9 Å². The van der Waals surface area contributed by atoms with Crippen LogP contribution in [0.25, 0.3) is 0 Å². The van der Waals surface area contributed by atoms with Gasteiger partial charge in [-0.25, -0.2) is 8.42 Å². The van der Waals surface area contributed by atoms with E-state index in [1.807, 2.05) is 13.0 Å². The molecule has 0 spiro atoms. The summed E-state index contributed by atoms with van der Waals surface area (Å²) in [6.45, 7) is 3.72. The molecule has 0 bridgehead atoms. The number of benzene rings is 3. The number of carbonyl (C=O) groups excluding carboxylic acids is 2. The lowest BCUT2D eigenvalue weighted by molar-refractivity contribution is 0.101. The lowest BCUT2D eigenvalue weighted by Gasteiger charge is -2.24. The number of sulfonamides is 1. The molecule has 182 valence electrons. The molecule has 3 aromatic carbocycles. The maximum absolute atomic E-state index is 13.6.